The molecule has 1 heterocycles. The molecule has 0 bridgehead atoms. The van der Waals surface area contributed by atoms with E-state index in [0.717, 1.165) is 10.9 Å². The number of hydrogen-bond donors (Lipinski definition) is 1. The van der Waals surface area contributed by atoms with E-state index in [4.69, 9.17) is 9.84 Å². The van der Waals surface area contributed by atoms with Crippen LogP contribution < -0.4 is 4.74 Å². The lowest BCUT2D eigenvalue weighted by Crippen LogP contribution is -2.44. The number of amides is 1. The average Bonchev–Trinajstić information content (AvgIpc) is 2.45. The number of carboxylic acids is 1. The summed E-state index contributed by atoms with van der Waals surface area (Å²) in [7, 11) is 0. The van der Waals surface area contributed by atoms with Crippen LogP contribution in [0.5, 0.6) is 5.75 Å². The maximum absolute atomic E-state index is 12.0. The van der Waals surface area contributed by atoms with Crippen molar-refractivity contribution >= 4 is 27.8 Å². The first-order chi connectivity index (χ1) is 9.56. The Morgan fingerprint density at radius 2 is 2.25 bits per heavy atom. The van der Waals surface area contributed by atoms with E-state index < -0.39 is 11.9 Å². The lowest BCUT2D eigenvalue weighted by atomic mass is 9.98. The molecule has 1 N–H and O–H groups in total. The topological polar surface area (TPSA) is 66.8 Å². The second kappa shape index (κ2) is 6.74. The molecular formula is C14H16BrNO4. The number of halogens is 1. The van der Waals surface area contributed by atoms with Gasteiger partial charge in [0.1, 0.15) is 5.75 Å². The minimum atomic E-state index is -0.838. The van der Waals surface area contributed by atoms with Crippen molar-refractivity contribution in [2.24, 2.45) is 5.92 Å². The fourth-order valence-electron chi connectivity index (χ4n) is 2.20. The standard InChI is InChI=1S/C14H16BrNO4/c15-11-4-1-5-12(7-11)20-9-13(17)16-6-2-3-10(8-16)14(18)19/h1,4-5,7,10H,2-3,6,8-9H2,(H,18,19)/t10-/m1/s1. The van der Waals surface area contributed by atoms with E-state index in [1.54, 1.807) is 17.0 Å². The molecule has 1 aromatic rings. The average molecular weight is 342 g/mol. The molecule has 20 heavy (non-hydrogen) atoms. The Labute approximate surface area is 125 Å². The molecule has 1 aliphatic heterocycles. The summed E-state index contributed by atoms with van der Waals surface area (Å²) in [6.45, 7) is 0.809. The number of ether oxygens (including phenoxy) is 1. The number of nitrogens with zero attached hydrogens (tertiary/aromatic N) is 1. The predicted molar refractivity (Wildman–Crippen MR) is 76.6 cm³/mol. The molecule has 0 spiro atoms. The Balaban J connectivity index is 1.87. The fraction of sp³-hybridized carbons (Fsp3) is 0.429. The highest BCUT2D eigenvalue weighted by atomic mass is 79.9. The van der Waals surface area contributed by atoms with Crippen molar-refractivity contribution in [2.45, 2.75) is 12.8 Å². The van der Waals surface area contributed by atoms with Gasteiger partial charge in [-0.25, -0.2) is 0 Å². The monoisotopic (exact) mass is 341 g/mol. The lowest BCUT2D eigenvalue weighted by molar-refractivity contribution is -0.146. The second-order valence-corrected chi connectivity index (χ2v) is 5.68. The minimum Gasteiger partial charge on any atom is -0.484 e. The van der Waals surface area contributed by atoms with Gasteiger partial charge < -0.3 is 14.7 Å². The van der Waals surface area contributed by atoms with E-state index >= 15 is 0 Å². The third-order valence-corrected chi connectivity index (χ3v) is 3.77. The molecule has 5 nitrogen and oxygen atoms in total. The third-order valence-electron chi connectivity index (χ3n) is 3.28. The summed E-state index contributed by atoms with van der Waals surface area (Å²) in [5.41, 5.74) is 0. The number of carboxylic acid groups (broad SMARTS) is 1. The van der Waals surface area contributed by atoms with Gasteiger partial charge in [-0.05, 0) is 31.0 Å². The van der Waals surface area contributed by atoms with E-state index in [1.807, 2.05) is 12.1 Å². The van der Waals surface area contributed by atoms with Crippen molar-refractivity contribution in [3.8, 4) is 5.75 Å². The maximum Gasteiger partial charge on any atom is 0.308 e. The quantitative estimate of drug-likeness (QED) is 0.911. The van der Waals surface area contributed by atoms with E-state index in [2.05, 4.69) is 15.9 Å². The Morgan fingerprint density at radius 3 is 2.95 bits per heavy atom. The van der Waals surface area contributed by atoms with Crippen molar-refractivity contribution in [1.29, 1.82) is 0 Å². The molecule has 1 fully saturated rings. The number of benzene rings is 1. The molecule has 0 saturated carbocycles. The maximum atomic E-state index is 12.0. The summed E-state index contributed by atoms with van der Waals surface area (Å²) in [6, 6.07) is 7.25. The molecule has 1 atom stereocenters. The van der Waals surface area contributed by atoms with Crippen molar-refractivity contribution in [1.82, 2.24) is 4.90 Å². The molecular weight excluding hydrogens is 326 g/mol. The molecule has 1 saturated heterocycles. The number of rotatable bonds is 4. The number of piperidine rings is 1. The molecule has 0 radical (unpaired) electrons. The smallest absolute Gasteiger partial charge is 0.308 e. The van der Waals surface area contributed by atoms with Gasteiger partial charge in [-0.1, -0.05) is 22.0 Å². The number of carbonyl (C=O) groups excluding carboxylic acids is 1. The SMILES string of the molecule is O=C(O)[C@@H]1CCCN(C(=O)COc2cccc(Br)c2)C1. The summed E-state index contributed by atoms with van der Waals surface area (Å²) in [5, 5.41) is 9.00. The highest BCUT2D eigenvalue weighted by Crippen LogP contribution is 2.19. The van der Waals surface area contributed by atoms with Crippen LogP contribution in [0.4, 0.5) is 0 Å². The van der Waals surface area contributed by atoms with Crippen LogP contribution in [0.25, 0.3) is 0 Å². The van der Waals surface area contributed by atoms with Gasteiger partial charge in [0.25, 0.3) is 5.91 Å². The van der Waals surface area contributed by atoms with Crippen LogP contribution in [0.15, 0.2) is 28.7 Å². The normalized spacial score (nSPS) is 18.6. The highest BCUT2D eigenvalue weighted by Gasteiger charge is 2.28. The first-order valence-electron chi connectivity index (χ1n) is 6.45. The predicted octanol–water partition coefficient (Wildman–Crippen LogP) is 2.15. The summed E-state index contributed by atoms with van der Waals surface area (Å²) in [5.74, 6) is -0.857. The fourth-order valence-corrected chi connectivity index (χ4v) is 2.58. The van der Waals surface area contributed by atoms with E-state index in [-0.39, 0.29) is 19.1 Å². The van der Waals surface area contributed by atoms with Gasteiger partial charge in [-0.15, -0.1) is 0 Å². The van der Waals surface area contributed by atoms with Crippen molar-refractivity contribution in [2.75, 3.05) is 19.7 Å². The van der Waals surface area contributed by atoms with Crippen molar-refractivity contribution in [3.05, 3.63) is 28.7 Å². The van der Waals surface area contributed by atoms with E-state index in [1.165, 1.54) is 0 Å². The number of hydrogen-bond acceptors (Lipinski definition) is 3. The Bertz CT molecular complexity index is 506. The van der Waals surface area contributed by atoms with Gasteiger partial charge in [0.2, 0.25) is 0 Å². The van der Waals surface area contributed by atoms with Crippen LogP contribution >= 0.6 is 15.9 Å². The number of aliphatic carboxylic acids is 1. The molecule has 0 unspecified atom stereocenters. The van der Waals surface area contributed by atoms with Gasteiger partial charge in [-0.3, -0.25) is 9.59 Å². The van der Waals surface area contributed by atoms with Gasteiger partial charge in [0, 0.05) is 17.6 Å². The summed E-state index contributed by atoms with van der Waals surface area (Å²) in [4.78, 5) is 24.6. The number of likely N-dealkylation sites (tertiary alicyclic amines) is 1. The van der Waals surface area contributed by atoms with Crippen LogP contribution in [-0.4, -0.2) is 41.6 Å². The zero-order chi connectivity index (χ0) is 14.5. The third kappa shape index (κ3) is 3.96. The first kappa shape index (κ1) is 14.8. The Morgan fingerprint density at radius 1 is 1.45 bits per heavy atom. The van der Waals surface area contributed by atoms with E-state index in [9.17, 15) is 9.59 Å². The largest absolute Gasteiger partial charge is 0.484 e. The molecule has 0 aliphatic carbocycles. The Hall–Kier alpha value is -1.56. The van der Waals surface area contributed by atoms with Crippen LogP contribution in [0, 0.1) is 5.92 Å². The summed E-state index contributed by atoms with van der Waals surface area (Å²) >= 11 is 3.33. The Kier molecular flexibility index (Phi) is 5.00. The zero-order valence-corrected chi connectivity index (χ0v) is 12.5. The van der Waals surface area contributed by atoms with Gasteiger partial charge in [0.05, 0.1) is 5.92 Å². The number of carbonyl (C=O) groups is 2. The van der Waals surface area contributed by atoms with Gasteiger partial charge in [-0.2, -0.15) is 0 Å². The minimum absolute atomic E-state index is 0.0667. The first-order valence-corrected chi connectivity index (χ1v) is 7.24. The summed E-state index contributed by atoms with van der Waals surface area (Å²) in [6.07, 6.45) is 1.35. The highest BCUT2D eigenvalue weighted by molar-refractivity contribution is 9.10. The van der Waals surface area contributed by atoms with E-state index in [0.29, 0.717) is 18.7 Å². The molecule has 1 aromatic carbocycles. The molecule has 6 heteroatoms. The van der Waals surface area contributed by atoms with Crippen LogP contribution in [0.1, 0.15) is 12.8 Å². The molecule has 1 amide bonds. The van der Waals surface area contributed by atoms with Gasteiger partial charge in [0.15, 0.2) is 6.61 Å². The molecule has 108 valence electrons. The van der Waals surface area contributed by atoms with Crippen LogP contribution in [0.2, 0.25) is 0 Å². The van der Waals surface area contributed by atoms with Crippen molar-refractivity contribution < 1.29 is 19.4 Å². The zero-order valence-electron chi connectivity index (χ0n) is 10.9. The van der Waals surface area contributed by atoms with Crippen LogP contribution in [-0.2, 0) is 9.59 Å². The van der Waals surface area contributed by atoms with Crippen LogP contribution in [0.3, 0.4) is 0 Å². The molecule has 2 rings (SSSR count). The summed E-state index contributed by atoms with van der Waals surface area (Å²) < 4.78 is 6.31. The second-order valence-electron chi connectivity index (χ2n) is 4.76. The lowest BCUT2D eigenvalue weighted by Gasteiger charge is -2.30. The molecule has 0 aromatic heterocycles. The molecule has 1 aliphatic rings. The van der Waals surface area contributed by atoms with Crippen molar-refractivity contribution in [3.63, 3.8) is 0 Å². The van der Waals surface area contributed by atoms with Gasteiger partial charge >= 0.3 is 5.97 Å².